The van der Waals surface area contributed by atoms with Gasteiger partial charge >= 0.3 is 0 Å². The highest BCUT2D eigenvalue weighted by Crippen LogP contribution is 2.31. The van der Waals surface area contributed by atoms with Crippen molar-refractivity contribution < 1.29 is 0 Å². The quantitative estimate of drug-likeness (QED) is 0.717. The molecule has 22 heavy (non-hydrogen) atoms. The maximum atomic E-state index is 4.16. The smallest absolute Gasteiger partial charge is 0.0951 e. The van der Waals surface area contributed by atoms with Crippen molar-refractivity contribution in [3.05, 3.63) is 72.8 Å². The maximum Gasteiger partial charge on any atom is 0.0951 e. The fourth-order valence-electron chi connectivity index (χ4n) is 2.73. The van der Waals surface area contributed by atoms with E-state index in [9.17, 15) is 0 Å². The third kappa shape index (κ3) is 2.75. The van der Waals surface area contributed by atoms with Gasteiger partial charge < -0.3 is 9.47 Å². The highest BCUT2D eigenvalue weighted by Gasteiger charge is 2.13. The van der Waals surface area contributed by atoms with Crippen molar-refractivity contribution in [2.45, 2.75) is 13.0 Å². The van der Waals surface area contributed by atoms with Gasteiger partial charge in [0.15, 0.2) is 0 Å². The van der Waals surface area contributed by atoms with Crippen molar-refractivity contribution in [3.8, 4) is 11.1 Å². The Labute approximate surface area is 131 Å². The SMILES string of the molecule is CC(c1ccccc1-c1cccc(N(C)C)c1)n1ccnc1. The van der Waals surface area contributed by atoms with Crippen molar-refractivity contribution in [3.63, 3.8) is 0 Å². The molecule has 0 saturated heterocycles. The van der Waals surface area contributed by atoms with E-state index >= 15 is 0 Å². The molecular weight excluding hydrogens is 270 g/mol. The van der Waals surface area contributed by atoms with Crippen LogP contribution in [0.5, 0.6) is 0 Å². The van der Waals surface area contributed by atoms with E-state index in [2.05, 4.69) is 84.0 Å². The van der Waals surface area contributed by atoms with Crippen LogP contribution in [-0.4, -0.2) is 23.6 Å². The fraction of sp³-hybridized carbons (Fsp3) is 0.211. The van der Waals surface area contributed by atoms with Crippen LogP contribution < -0.4 is 4.90 Å². The van der Waals surface area contributed by atoms with Gasteiger partial charge in [0, 0.05) is 32.2 Å². The van der Waals surface area contributed by atoms with Gasteiger partial charge in [0.1, 0.15) is 0 Å². The second-order valence-electron chi connectivity index (χ2n) is 5.72. The van der Waals surface area contributed by atoms with Crippen LogP contribution >= 0.6 is 0 Å². The highest BCUT2D eigenvalue weighted by atomic mass is 15.1. The summed E-state index contributed by atoms with van der Waals surface area (Å²) >= 11 is 0. The van der Waals surface area contributed by atoms with Gasteiger partial charge in [-0.1, -0.05) is 36.4 Å². The van der Waals surface area contributed by atoms with Crippen LogP contribution in [0, 0.1) is 0 Å². The third-order valence-electron chi connectivity index (χ3n) is 4.06. The molecule has 0 aliphatic rings. The Morgan fingerprint density at radius 3 is 2.59 bits per heavy atom. The zero-order chi connectivity index (χ0) is 15.5. The first kappa shape index (κ1) is 14.4. The largest absolute Gasteiger partial charge is 0.378 e. The average Bonchev–Trinajstić information content (AvgIpc) is 3.09. The molecule has 3 rings (SSSR count). The van der Waals surface area contributed by atoms with Crippen LogP contribution in [0.25, 0.3) is 11.1 Å². The van der Waals surface area contributed by atoms with Crippen LogP contribution in [-0.2, 0) is 0 Å². The van der Waals surface area contributed by atoms with E-state index in [0.717, 1.165) is 0 Å². The van der Waals surface area contributed by atoms with Gasteiger partial charge in [-0.3, -0.25) is 0 Å². The number of imidazole rings is 1. The molecule has 0 spiro atoms. The monoisotopic (exact) mass is 291 g/mol. The van der Waals surface area contributed by atoms with Gasteiger partial charge in [-0.15, -0.1) is 0 Å². The highest BCUT2D eigenvalue weighted by molar-refractivity contribution is 5.71. The lowest BCUT2D eigenvalue weighted by Crippen LogP contribution is -2.09. The predicted molar refractivity (Wildman–Crippen MR) is 92.2 cm³/mol. The Balaban J connectivity index is 2.07. The van der Waals surface area contributed by atoms with E-state index in [1.165, 1.54) is 22.4 Å². The Morgan fingerprint density at radius 1 is 1.05 bits per heavy atom. The van der Waals surface area contributed by atoms with Crippen molar-refractivity contribution in [2.24, 2.45) is 0 Å². The topological polar surface area (TPSA) is 21.1 Å². The summed E-state index contributed by atoms with van der Waals surface area (Å²) in [6.07, 6.45) is 5.71. The summed E-state index contributed by atoms with van der Waals surface area (Å²) in [6.45, 7) is 2.20. The molecule has 2 aromatic carbocycles. The van der Waals surface area contributed by atoms with Crippen LogP contribution in [0.15, 0.2) is 67.3 Å². The van der Waals surface area contributed by atoms with Crippen LogP contribution in [0.2, 0.25) is 0 Å². The molecule has 1 heterocycles. The summed E-state index contributed by atoms with van der Waals surface area (Å²) in [6, 6.07) is 17.5. The van der Waals surface area contributed by atoms with Crippen molar-refractivity contribution in [2.75, 3.05) is 19.0 Å². The Kier molecular flexibility index (Phi) is 3.96. The van der Waals surface area contributed by atoms with Gasteiger partial charge in [-0.25, -0.2) is 4.98 Å². The van der Waals surface area contributed by atoms with Gasteiger partial charge in [-0.2, -0.15) is 0 Å². The van der Waals surface area contributed by atoms with E-state index in [1.54, 1.807) is 0 Å². The molecule has 0 aliphatic heterocycles. The molecule has 0 fully saturated rings. The first-order valence-electron chi connectivity index (χ1n) is 7.51. The lowest BCUT2D eigenvalue weighted by Gasteiger charge is -2.19. The molecule has 0 bridgehead atoms. The molecule has 3 heteroatoms. The number of benzene rings is 2. The number of aromatic nitrogens is 2. The van der Waals surface area contributed by atoms with Gasteiger partial charge in [0.2, 0.25) is 0 Å². The molecular formula is C19H21N3. The van der Waals surface area contributed by atoms with Gasteiger partial charge in [0.05, 0.1) is 12.4 Å². The summed E-state index contributed by atoms with van der Waals surface area (Å²) in [5.41, 5.74) is 5.03. The second kappa shape index (κ2) is 6.06. The molecule has 1 aromatic heterocycles. The summed E-state index contributed by atoms with van der Waals surface area (Å²) in [5, 5.41) is 0. The zero-order valence-corrected chi connectivity index (χ0v) is 13.3. The van der Waals surface area contributed by atoms with E-state index in [4.69, 9.17) is 0 Å². The van der Waals surface area contributed by atoms with E-state index in [0.29, 0.717) is 0 Å². The van der Waals surface area contributed by atoms with E-state index in [1.807, 2.05) is 18.7 Å². The average molecular weight is 291 g/mol. The standard InChI is InChI=1S/C19H21N3/c1-15(22-12-11-20-14-22)18-9-4-5-10-19(18)16-7-6-8-17(13-16)21(2)3/h4-15H,1-3H3. The second-order valence-corrected chi connectivity index (χ2v) is 5.72. The Bertz CT molecular complexity index is 745. The van der Waals surface area contributed by atoms with Gasteiger partial charge in [0.25, 0.3) is 0 Å². The first-order valence-corrected chi connectivity index (χ1v) is 7.51. The third-order valence-corrected chi connectivity index (χ3v) is 4.06. The molecule has 3 nitrogen and oxygen atoms in total. The van der Waals surface area contributed by atoms with Crippen molar-refractivity contribution in [1.82, 2.24) is 9.55 Å². The van der Waals surface area contributed by atoms with E-state index < -0.39 is 0 Å². The maximum absolute atomic E-state index is 4.16. The van der Waals surface area contributed by atoms with E-state index in [-0.39, 0.29) is 6.04 Å². The minimum atomic E-state index is 0.252. The Hall–Kier alpha value is -2.55. The molecule has 1 unspecified atom stereocenters. The van der Waals surface area contributed by atoms with Crippen LogP contribution in [0.3, 0.4) is 0 Å². The normalized spacial score (nSPS) is 12.1. The molecule has 0 N–H and O–H groups in total. The summed E-state index contributed by atoms with van der Waals surface area (Å²) < 4.78 is 2.13. The van der Waals surface area contributed by atoms with Crippen molar-refractivity contribution in [1.29, 1.82) is 0 Å². The molecule has 0 saturated carbocycles. The fourth-order valence-corrected chi connectivity index (χ4v) is 2.73. The van der Waals surface area contributed by atoms with Crippen LogP contribution in [0.4, 0.5) is 5.69 Å². The van der Waals surface area contributed by atoms with Crippen molar-refractivity contribution >= 4 is 5.69 Å². The summed E-state index contributed by atoms with van der Waals surface area (Å²) in [7, 11) is 4.14. The predicted octanol–water partition coefficient (Wildman–Crippen LogP) is 4.23. The van der Waals surface area contributed by atoms with Crippen LogP contribution in [0.1, 0.15) is 18.5 Å². The molecule has 0 radical (unpaired) electrons. The minimum absolute atomic E-state index is 0.252. The number of anilines is 1. The molecule has 1 atom stereocenters. The summed E-state index contributed by atoms with van der Waals surface area (Å²) in [4.78, 5) is 6.30. The molecule has 3 aromatic rings. The lowest BCUT2D eigenvalue weighted by atomic mass is 9.95. The number of hydrogen-bond acceptors (Lipinski definition) is 2. The number of rotatable bonds is 4. The summed E-state index contributed by atoms with van der Waals surface area (Å²) in [5.74, 6) is 0. The number of hydrogen-bond donors (Lipinski definition) is 0. The lowest BCUT2D eigenvalue weighted by molar-refractivity contribution is 0.640. The molecule has 112 valence electrons. The number of nitrogens with zero attached hydrogens (tertiary/aromatic N) is 3. The first-order chi connectivity index (χ1) is 10.7. The Morgan fingerprint density at radius 2 is 1.86 bits per heavy atom. The zero-order valence-electron chi connectivity index (χ0n) is 13.3. The minimum Gasteiger partial charge on any atom is -0.378 e. The molecule has 0 aliphatic carbocycles. The molecule has 0 amide bonds. The van der Waals surface area contributed by atoms with Gasteiger partial charge in [-0.05, 0) is 35.7 Å².